The number of piperidine rings is 1. The van der Waals surface area contributed by atoms with E-state index < -0.39 is 0 Å². The Kier molecular flexibility index (Phi) is 5.68. The van der Waals surface area contributed by atoms with E-state index in [-0.39, 0.29) is 29.3 Å². The average Bonchev–Trinajstić information content (AvgIpc) is 3.16. The third-order valence-electron chi connectivity index (χ3n) is 4.47. The van der Waals surface area contributed by atoms with Crippen molar-refractivity contribution in [2.75, 3.05) is 26.2 Å². The highest BCUT2D eigenvalue weighted by atomic mass is 19.1. The fraction of sp³-hybridized carbons (Fsp3) is 0.368. The molecule has 1 atom stereocenters. The number of nitrogens with zero attached hydrogens (tertiary/aromatic N) is 1. The molecule has 26 heavy (non-hydrogen) atoms. The number of rotatable bonds is 5. The maximum absolute atomic E-state index is 13.0. The molecule has 1 saturated heterocycles. The highest BCUT2D eigenvalue weighted by molar-refractivity contribution is 5.92. The molecule has 1 aromatic heterocycles. The van der Waals surface area contributed by atoms with Gasteiger partial charge in [-0.05, 0) is 49.2 Å². The lowest BCUT2D eigenvalue weighted by molar-refractivity contribution is -0.126. The van der Waals surface area contributed by atoms with Gasteiger partial charge in [-0.2, -0.15) is 0 Å². The number of furan rings is 1. The molecule has 1 unspecified atom stereocenters. The largest absolute Gasteiger partial charge is 0.451 e. The van der Waals surface area contributed by atoms with Crippen LogP contribution in [-0.4, -0.2) is 42.9 Å². The Bertz CT molecular complexity index is 773. The Balaban J connectivity index is 1.67. The molecule has 2 amide bonds. The van der Waals surface area contributed by atoms with Gasteiger partial charge in [0.15, 0.2) is 5.76 Å². The second-order valence-electron chi connectivity index (χ2n) is 6.34. The number of amides is 2. The van der Waals surface area contributed by atoms with Crippen LogP contribution in [0.5, 0.6) is 0 Å². The molecule has 1 aliphatic rings. The van der Waals surface area contributed by atoms with Crippen LogP contribution < -0.4 is 11.1 Å². The van der Waals surface area contributed by atoms with E-state index in [0.717, 1.165) is 12.8 Å². The molecule has 0 saturated carbocycles. The average molecular weight is 359 g/mol. The van der Waals surface area contributed by atoms with Gasteiger partial charge in [0.25, 0.3) is 5.91 Å². The lowest BCUT2D eigenvalue weighted by Gasteiger charge is -2.31. The molecule has 2 aromatic rings. The van der Waals surface area contributed by atoms with Crippen molar-refractivity contribution in [3.63, 3.8) is 0 Å². The van der Waals surface area contributed by atoms with E-state index in [9.17, 15) is 14.0 Å². The van der Waals surface area contributed by atoms with E-state index in [0.29, 0.717) is 37.5 Å². The number of hydrogen-bond donors (Lipinski definition) is 2. The monoisotopic (exact) mass is 359 g/mol. The summed E-state index contributed by atoms with van der Waals surface area (Å²) in [5, 5.41) is 2.78. The van der Waals surface area contributed by atoms with Crippen LogP contribution in [0, 0.1) is 11.7 Å². The molecule has 138 valence electrons. The first-order chi connectivity index (χ1) is 12.6. The van der Waals surface area contributed by atoms with Gasteiger partial charge in [0.05, 0.1) is 5.92 Å². The highest BCUT2D eigenvalue weighted by Gasteiger charge is 2.30. The molecule has 7 heteroatoms. The predicted molar refractivity (Wildman–Crippen MR) is 94.8 cm³/mol. The van der Waals surface area contributed by atoms with Crippen molar-refractivity contribution in [1.29, 1.82) is 0 Å². The van der Waals surface area contributed by atoms with Gasteiger partial charge in [-0.3, -0.25) is 9.59 Å². The molecule has 0 aliphatic carbocycles. The molecule has 3 N–H and O–H groups in total. The van der Waals surface area contributed by atoms with Crippen molar-refractivity contribution in [3.8, 4) is 11.3 Å². The molecule has 0 bridgehead atoms. The van der Waals surface area contributed by atoms with Gasteiger partial charge in [-0.1, -0.05) is 0 Å². The number of likely N-dealkylation sites (tertiary alicyclic amines) is 1. The quantitative estimate of drug-likeness (QED) is 0.855. The molecular weight excluding hydrogens is 337 g/mol. The normalized spacial score (nSPS) is 17.2. The summed E-state index contributed by atoms with van der Waals surface area (Å²) in [5.41, 5.74) is 6.10. The lowest BCUT2D eigenvalue weighted by atomic mass is 9.97. The van der Waals surface area contributed by atoms with Gasteiger partial charge in [-0.25, -0.2) is 4.39 Å². The zero-order valence-corrected chi connectivity index (χ0v) is 14.4. The van der Waals surface area contributed by atoms with Gasteiger partial charge in [0.1, 0.15) is 11.6 Å². The van der Waals surface area contributed by atoms with Crippen LogP contribution in [0.15, 0.2) is 40.8 Å². The Hall–Kier alpha value is -2.67. The second kappa shape index (κ2) is 8.14. The molecule has 0 spiro atoms. The Morgan fingerprint density at radius 3 is 2.73 bits per heavy atom. The van der Waals surface area contributed by atoms with Crippen LogP contribution in [0.25, 0.3) is 11.3 Å². The molecule has 1 fully saturated rings. The summed E-state index contributed by atoms with van der Waals surface area (Å²) in [6, 6.07) is 9.18. The minimum Gasteiger partial charge on any atom is -0.451 e. The standard InChI is InChI=1S/C19H22FN3O3/c20-15-5-3-13(4-6-15)16-7-8-17(26-16)19(25)23-11-1-2-14(12-23)18(24)22-10-9-21/h3-8,14H,1-2,9-12,21H2,(H,22,24). The van der Waals surface area contributed by atoms with Gasteiger partial charge in [0, 0.05) is 31.7 Å². The summed E-state index contributed by atoms with van der Waals surface area (Å²) in [4.78, 5) is 26.5. The van der Waals surface area contributed by atoms with Crippen LogP contribution in [0.1, 0.15) is 23.4 Å². The molecule has 6 nitrogen and oxygen atoms in total. The van der Waals surface area contributed by atoms with Gasteiger partial charge in [0.2, 0.25) is 5.91 Å². The summed E-state index contributed by atoms with van der Waals surface area (Å²) in [7, 11) is 0. The van der Waals surface area contributed by atoms with Crippen molar-refractivity contribution in [2.24, 2.45) is 11.7 Å². The summed E-state index contributed by atoms with van der Waals surface area (Å²) in [6.07, 6.45) is 1.51. The molecule has 0 radical (unpaired) electrons. The number of carbonyl (C=O) groups is 2. The zero-order chi connectivity index (χ0) is 18.5. The molecule has 2 heterocycles. The second-order valence-corrected chi connectivity index (χ2v) is 6.34. The molecule has 3 rings (SSSR count). The lowest BCUT2D eigenvalue weighted by Crippen LogP contribution is -2.46. The topological polar surface area (TPSA) is 88.6 Å². The summed E-state index contributed by atoms with van der Waals surface area (Å²) in [5.74, 6) is -0.154. The van der Waals surface area contributed by atoms with Crippen LogP contribution >= 0.6 is 0 Å². The Morgan fingerprint density at radius 2 is 2.00 bits per heavy atom. The van der Waals surface area contributed by atoms with Gasteiger partial charge >= 0.3 is 0 Å². The van der Waals surface area contributed by atoms with Crippen molar-refractivity contribution in [2.45, 2.75) is 12.8 Å². The first kappa shape index (κ1) is 18.1. The fourth-order valence-corrected chi connectivity index (χ4v) is 3.09. The van der Waals surface area contributed by atoms with E-state index in [1.165, 1.54) is 12.1 Å². The first-order valence-corrected chi connectivity index (χ1v) is 8.71. The van der Waals surface area contributed by atoms with Crippen molar-refractivity contribution in [3.05, 3.63) is 48.0 Å². The van der Waals surface area contributed by atoms with Crippen LogP contribution in [0.4, 0.5) is 4.39 Å². The number of hydrogen-bond acceptors (Lipinski definition) is 4. The minimum atomic E-state index is -0.330. The zero-order valence-electron chi connectivity index (χ0n) is 14.4. The number of nitrogens with two attached hydrogens (primary N) is 1. The SMILES string of the molecule is NCCNC(=O)C1CCCN(C(=O)c2ccc(-c3ccc(F)cc3)o2)C1. The Labute approximate surface area is 151 Å². The van der Waals surface area contributed by atoms with E-state index in [4.69, 9.17) is 10.2 Å². The molecule has 1 aromatic carbocycles. The first-order valence-electron chi connectivity index (χ1n) is 8.71. The van der Waals surface area contributed by atoms with Crippen LogP contribution in [0.3, 0.4) is 0 Å². The molecule has 1 aliphatic heterocycles. The maximum Gasteiger partial charge on any atom is 0.289 e. The van der Waals surface area contributed by atoms with Crippen molar-refractivity contribution in [1.82, 2.24) is 10.2 Å². The Morgan fingerprint density at radius 1 is 1.23 bits per heavy atom. The maximum atomic E-state index is 13.0. The van der Waals surface area contributed by atoms with Crippen molar-refractivity contribution < 1.29 is 18.4 Å². The van der Waals surface area contributed by atoms with Crippen LogP contribution in [-0.2, 0) is 4.79 Å². The smallest absolute Gasteiger partial charge is 0.289 e. The fourth-order valence-electron chi connectivity index (χ4n) is 3.09. The van der Waals surface area contributed by atoms with Crippen LogP contribution in [0.2, 0.25) is 0 Å². The molecular formula is C19H22FN3O3. The van der Waals surface area contributed by atoms with Gasteiger partial charge < -0.3 is 20.4 Å². The number of halogens is 1. The summed E-state index contributed by atoms with van der Waals surface area (Å²) < 4.78 is 18.7. The van der Waals surface area contributed by atoms with E-state index >= 15 is 0 Å². The number of carbonyl (C=O) groups excluding carboxylic acids is 2. The van der Waals surface area contributed by atoms with Crippen molar-refractivity contribution >= 4 is 11.8 Å². The third-order valence-corrected chi connectivity index (χ3v) is 4.47. The minimum absolute atomic E-state index is 0.0700. The highest BCUT2D eigenvalue weighted by Crippen LogP contribution is 2.25. The predicted octanol–water partition coefficient (Wildman–Crippen LogP) is 2.01. The summed E-state index contributed by atoms with van der Waals surface area (Å²) in [6.45, 7) is 1.77. The number of nitrogens with one attached hydrogen (secondary N) is 1. The number of benzene rings is 1. The van der Waals surface area contributed by atoms with E-state index in [1.54, 1.807) is 29.2 Å². The summed E-state index contributed by atoms with van der Waals surface area (Å²) >= 11 is 0. The van der Waals surface area contributed by atoms with E-state index in [2.05, 4.69) is 5.32 Å². The van der Waals surface area contributed by atoms with Gasteiger partial charge in [-0.15, -0.1) is 0 Å². The third kappa shape index (κ3) is 4.11. The van der Waals surface area contributed by atoms with E-state index in [1.807, 2.05) is 0 Å².